The van der Waals surface area contributed by atoms with Gasteiger partial charge < -0.3 is 10.1 Å². The molecule has 1 aliphatic rings. The molecule has 0 aliphatic heterocycles. The molecule has 0 radical (unpaired) electrons. The highest BCUT2D eigenvalue weighted by Gasteiger charge is 2.20. The van der Waals surface area contributed by atoms with E-state index in [2.05, 4.69) is 35.6 Å². The second-order valence-corrected chi connectivity index (χ2v) is 10.00. The van der Waals surface area contributed by atoms with Gasteiger partial charge in [0, 0.05) is 24.3 Å². The van der Waals surface area contributed by atoms with Crippen LogP contribution in [0.3, 0.4) is 0 Å². The van der Waals surface area contributed by atoms with Crippen molar-refractivity contribution < 1.29 is 19.5 Å². The normalized spacial score (nSPS) is 14.1. The molecular formula is C26H31N3O4S. The minimum Gasteiger partial charge on any atom is -0.461 e. The van der Waals surface area contributed by atoms with E-state index in [1.165, 1.54) is 16.9 Å². The highest BCUT2D eigenvalue weighted by Crippen LogP contribution is 2.26. The molecule has 1 aromatic heterocycles. The lowest BCUT2D eigenvalue weighted by atomic mass is 10.1. The molecule has 1 amide bonds. The van der Waals surface area contributed by atoms with Crippen molar-refractivity contribution in [3.63, 3.8) is 0 Å². The quantitative estimate of drug-likeness (QED) is 0.228. The van der Waals surface area contributed by atoms with E-state index >= 15 is 0 Å². The van der Waals surface area contributed by atoms with Gasteiger partial charge in [-0.05, 0) is 66.9 Å². The van der Waals surface area contributed by atoms with Crippen molar-refractivity contribution in [2.45, 2.75) is 51.4 Å². The number of amides is 1. The van der Waals surface area contributed by atoms with Crippen LogP contribution in [0.4, 0.5) is 0 Å². The Morgan fingerprint density at radius 3 is 2.44 bits per heavy atom. The molecule has 3 N–H and O–H groups in total. The van der Waals surface area contributed by atoms with E-state index in [0.29, 0.717) is 24.5 Å². The molecule has 8 heteroatoms. The van der Waals surface area contributed by atoms with Crippen molar-refractivity contribution in [2.75, 3.05) is 13.6 Å². The SMILES string of the molecule is CN(CC(=O)OC1CCCC1)Cc1ccc(CNCc2ccc3cc(C(=O)NO)sc3c2)cc1. The lowest BCUT2D eigenvalue weighted by Crippen LogP contribution is -2.29. The second-order valence-electron chi connectivity index (χ2n) is 8.91. The molecule has 1 fully saturated rings. The zero-order chi connectivity index (χ0) is 23.9. The van der Waals surface area contributed by atoms with Crippen molar-refractivity contribution in [2.24, 2.45) is 0 Å². The number of thiophene rings is 1. The molecule has 1 heterocycles. The second kappa shape index (κ2) is 11.6. The first-order valence-corrected chi connectivity index (χ1v) is 12.5. The molecular weight excluding hydrogens is 450 g/mol. The number of nitrogens with one attached hydrogen (secondary N) is 2. The van der Waals surface area contributed by atoms with Crippen LogP contribution in [0.1, 0.15) is 52.0 Å². The molecule has 1 saturated carbocycles. The summed E-state index contributed by atoms with van der Waals surface area (Å²) in [5.41, 5.74) is 5.16. The van der Waals surface area contributed by atoms with Crippen molar-refractivity contribution >= 4 is 33.3 Å². The highest BCUT2D eigenvalue weighted by molar-refractivity contribution is 7.20. The third kappa shape index (κ3) is 6.64. The van der Waals surface area contributed by atoms with Crippen LogP contribution in [-0.2, 0) is 29.2 Å². The van der Waals surface area contributed by atoms with E-state index < -0.39 is 5.91 Å². The lowest BCUT2D eigenvalue weighted by molar-refractivity contribution is -0.149. The zero-order valence-electron chi connectivity index (χ0n) is 19.4. The number of nitrogens with zero attached hydrogens (tertiary/aromatic N) is 1. The molecule has 0 saturated heterocycles. The van der Waals surface area contributed by atoms with Crippen LogP contribution in [0.15, 0.2) is 48.5 Å². The summed E-state index contributed by atoms with van der Waals surface area (Å²) in [6, 6.07) is 16.3. The maximum absolute atomic E-state index is 12.1. The van der Waals surface area contributed by atoms with Gasteiger partial charge in [-0.2, -0.15) is 0 Å². The van der Waals surface area contributed by atoms with Crippen LogP contribution in [0, 0.1) is 0 Å². The van der Waals surface area contributed by atoms with Crippen molar-refractivity contribution in [1.82, 2.24) is 15.7 Å². The first kappa shape index (κ1) is 24.3. The molecule has 180 valence electrons. The number of hydroxylamine groups is 1. The number of carbonyl (C=O) groups excluding carboxylic acids is 2. The minimum absolute atomic E-state index is 0.116. The van der Waals surface area contributed by atoms with Crippen molar-refractivity contribution in [1.29, 1.82) is 0 Å². The number of carbonyl (C=O) groups is 2. The molecule has 7 nitrogen and oxygen atoms in total. The van der Waals surface area contributed by atoms with E-state index in [1.807, 2.05) is 24.1 Å². The molecule has 1 aliphatic carbocycles. The zero-order valence-corrected chi connectivity index (χ0v) is 20.2. The highest BCUT2D eigenvalue weighted by atomic mass is 32.1. The summed E-state index contributed by atoms with van der Waals surface area (Å²) in [7, 11) is 1.94. The Labute approximate surface area is 203 Å². The average molecular weight is 482 g/mol. The molecule has 2 aromatic carbocycles. The van der Waals surface area contributed by atoms with Gasteiger partial charge in [0.2, 0.25) is 0 Å². The predicted octanol–water partition coefficient (Wildman–Crippen LogP) is 4.23. The molecule has 34 heavy (non-hydrogen) atoms. The largest absolute Gasteiger partial charge is 0.461 e. The topological polar surface area (TPSA) is 90.9 Å². The summed E-state index contributed by atoms with van der Waals surface area (Å²) < 4.78 is 6.56. The fourth-order valence-electron chi connectivity index (χ4n) is 4.28. The van der Waals surface area contributed by atoms with Gasteiger partial charge in [0.05, 0.1) is 11.4 Å². The number of benzene rings is 2. The van der Waals surface area contributed by atoms with Gasteiger partial charge in [-0.3, -0.25) is 19.7 Å². The van der Waals surface area contributed by atoms with Crippen molar-refractivity contribution in [3.05, 3.63) is 70.1 Å². The van der Waals surface area contributed by atoms with Gasteiger partial charge in [-0.15, -0.1) is 11.3 Å². The van der Waals surface area contributed by atoms with Gasteiger partial charge in [0.1, 0.15) is 6.10 Å². The van der Waals surface area contributed by atoms with E-state index in [-0.39, 0.29) is 12.1 Å². The number of hydrogen-bond donors (Lipinski definition) is 3. The third-order valence-electron chi connectivity index (χ3n) is 6.04. The summed E-state index contributed by atoms with van der Waals surface area (Å²) >= 11 is 1.36. The van der Waals surface area contributed by atoms with Crippen LogP contribution >= 0.6 is 11.3 Å². The van der Waals surface area contributed by atoms with E-state index in [1.54, 1.807) is 11.5 Å². The Morgan fingerprint density at radius 1 is 1.03 bits per heavy atom. The Kier molecular flexibility index (Phi) is 8.29. The summed E-state index contributed by atoms with van der Waals surface area (Å²) in [5, 5.41) is 13.3. The summed E-state index contributed by atoms with van der Waals surface area (Å²) in [6.07, 6.45) is 4.43. The minimum atomic E-state index is -0.487. The van der Waals surface area contributed by atoms with E-state index in [9.17, 15) is 9.59 Å². The van der Waals surface area contributed by atoms with E-state index in [0.717, 1.165) is 53.4 Å². The Hall–Kier alpha value is -2.78. The number of rotatable bonds is 10. The number of likely N-dealkylation sites (N-methyl/N-ethyl adjacent to an activating group) is 1. The fraction of sp³-hybridized carbons (Fsp3) is 0.385. The first-order chi connectivity index (χ1) is 16.5. The van der Waals surface area contributed by atoms with Crippen LogP contribution in [0.25, 0.3) is 10.1 Å². The summed E-state index contributed by atoms with van der Waals surface area (Å²) in [5.74, 6) is -0.622. The molecule has 0 spiro atoms. The number of esters is 1. The maximum atomic E-state index is 12.1. The number of fused-ring (bicyclic) bond motifs is 1. The molecule has 0 atom stereocenters. The average Bonchev–Trinajstić information content (AvgIpc) is 3.49. The van der Waals surface area contributed by atoms with Crippen LogP contribution in [-0.4, -0.2) is 41.7 Å². The summed E-state index contributed by atoms with van der Waals surface area (Å²) in [4.78, 5) is 26.2. The van der Waals surface area contributed by atoms with Gasteiger partial charge in [0.25, 0.3) is 5.91 Å². The smallest absolute Gasteiger partial charge is 0.320 e. The van der Waals surface area contributed by atoms with E-state index in [4.69, 9.17) is 9.94 Å². The van der Waals surface area contributed by atoms with Gasteiger partial charge in [-0.25, -0.2) is 5.48 Å². The van der Waals surface area contributed by atoms with Gasteiger partial charge >= 0.3 is 5.97 Å². The number of hydrogen-bond acceptors (Lipinski definition) is 7. The standard InChI is InChI=1S/C26H31N3O4S/c1-29(17-25(30)33-22-4-2-3-5-22)16-19-8-6-18(7-9-19)14-27-15-20-10-11-21-13-24(26(31)28-32)34-23(21)12-20/h6-13,22,27,32H,2-5,14-17H2,1H3,(H,28,31). The Bertz CT molecular complexity index is 1120. The van der Waals surface area contributed by atoms with Crippen LogP contribution < -0.4 is 10.8 Å². The van der Waals surface area contributed by atoms with Crippen molar-refractivity contribution in [3.8, 4) is 0 Å². The Balaban J connectivity index is 1.22. The molecule has 0 bridgehead atoms. The lowest BCUT2D eigenvalue weighted by Gasteiger charge is -2.18. The molecule has 3 aromatic rings. The maximum Gasteiger partial charge on any atom is 0.320 e. The third-order valence-corrected chi connectivity index (χ3v) is 7.14. The Morgan fingerprint density at radius 2 is 1.71 bits per heavy atom. The monoisotopic (exact) mass is 481 g/mol. The summed E-state index contributed by atoms with van der Waals surface area (Å²) in [6.45, 7) is 2.46. The molecule has 0 unspecified atom stereocenters. The first-order valence-electron chi connectivity index (χ1n) is 11.6. The molecule has 4 rings (SSSR count). The number of ether oxygens (including phenoxy) is 1. The van der Waals surface area contributed by atoms with Crippen LogP contribution in [0.2, 0.25) is 0 Å². The fourth-order valence-corrected chi connectivity index (χ4v) is 5.30. The van der Waals surface area contributed by atoms with Gasteiger partial charge in [-0.1, -0.05) is 36.4 Å². The van der Waals surface area contributed by atoms with Gasteiger partial charge in [0.15, 0.2) is 0 Å². The predicted molar refractivity (Wildman–Crippen MR) is 133 cm³/mol. The van der Waals surface area contributed by atoms with Crippen LogP contribution in [0.5, 0.6) is 0 Å².